The highest BCUT2D eigenvalue weighted by Gasteiger charge is 2.04. The first-order valence-corrected chi connectivity index (χ1v) is 5.26. The SMILES string of the molecule is CC(=O)C=Cc1cc(Cl)ccc1-n1cnnn1. The summed E-state index contributed by atoms with van der Waals surface area (Å²) in [6.07, 6.45) is 4.64. The maximum atomic E-state index is 10.9. The minimum atomic E-state index is -0.0346. The Bertz CT molecular complexity index is 563. The van der Waals surface area contributed by atoms with Crippen molar-refractivity contribution < 1.29 is 4.79 Å². The summed E-state index contributed by atoms with van der Waals surface area (Å²) in [6.45, 7) is 1.48. The van der Waals surface area contributed by atoms with E-state index in [4.69, 9.17) is 11.6 Å². The number of carbonyl (C=O) groups excluding carboxylic acids is 1. The van der Waals surface area contributed by atoms with Crippen molar-refractivity contribution in [2.24, 2.45) is 0 Å². The largest absolute Gasteiger partial charge is 0.295 e. The monoisotopic (exact) mass is 248 g/mol. The molecular weight excluding hydrogens is 240 g/mol. The Morgan fingerprint density at radius 2 is 2.29 bits per heavy atom. The van der Waals surface area contributed by atoms with Crippen molar-refractivity contribution in [2.75, 3.05) is 0 Å². The number of carbonyl (C=O) groups is 1. The minimum absolute atomic E-state index is 0.0346. The van der Waals surface area contributed by atoms with Crippen molar-refractivity contribution in [2.45, 2.75) is 6.92 Å². The summed E-state index contributed by atoms with van der Waals surface area (Å²) in [5.74, 6) is -0.0346. The van der Waals surface area contributed by atoms with E-state index in [9.17, 15) is 4.79 Å². The van der Waals surface area contributed by atoms with Crippen molar-refractivity contribution in [1.82, 2.24) is 20.2 Å². The summed E-state index contributed by atoms with van der Waals surface area (Å²) in [7, 11) is 0. The molecule has 0 fully saturated rings. The number of tetrazole rings is 1. The van der Waals surface area contributed by atoms with E-state index < -0.39 is 0 Å². The van der Waals surface area contributed by atoms with Crippen molar-refractivity contribution in [3.63, 3.8) is 0 Å². The van der Waals surface area contributed by atoms with E-state index in [2.05, 4.69) is 15.5 Å². The van der Waals surface area contributed by atoms with Crippen molar-refractivity contribution >= 4 is 23.5 Å². The molecule has 1 heterocycles. The van der Waals surface area contributed by atoms with Crippen LogP contribution in [0.15, 0.2) is 30.6 Å². The van der Waals surface area contributed by atoms with Crippen LogP contribution in [0.25, 0.3) is 11.8 Å². The topological polar surface area (TPSA) is 60.7 Å². The quantitative estimate of drug-likeness (QED) is 0.779. The minimum Gasteiger partial charge on any atom is -0.295 e. The van der Waals surface area contributed by atoms with Gasteiger partial charge in [-0.05, 0) is 47.7 Å². The number of ketones is 1. The van der Waals surface area contributed by atoms with Gasteiger partial charge >= 0.3 is 0 Å². The molecule has 0 unspecified atom stereocenters. The number of rotatable bonds is 3. The number of hydrogen-bond donors (Lipinski definition) is 0. The van der Waals surface area contributed by atoms with Gasteiger partial charge in [0.05, 0.1) is 5.69 Å². The third-order valence-electron chi connectivity index (χ3n) is 2.08. The molecule has 0 aliphatic rings. The lowest BCUT2D eigenvalue weighted by Gasteiger charge is -2.04. The molecule has 0 spiro atoms. The Balaban J connectivity index is 2.48. The van der Waals surface area contributed by atoms with Gasteiger partial charge in [-0.25, -0.2) is 0 Å². The lowest BCUT2D eigenvalue weighted by molar-refractivity contribution is -0.112. The summed E-state index contributed by atoms with van der Waals surface area (Å²) in [5, 5.41) is 11.5. The smallest absolute Gasteiger partial charge is 0.152 e. The van der Waals surface area contributed by atoms with Crippen LogP contribution >= 0.6 is 11.6 Å². The molecule has 6 heteroatoms. The van der Waals surface area contributed by atoms with E-state index in [-0.39, 0.29) is 5.78 Å². The van der Waals surface area contributed by atoms with E-state index in [0.717, 1.165) is 11.3 Å². The van der Waals surface area contributed by atoms with Gasteiger partial charge < -0.3 is 0 Å². The third-order valence-corrected chi connectivity index (χ3v) is 2.32. The van der Waals surface area contributed by atoms with E-state index in [0.29, 0.717) is 5.02 Å². The van der Waals surface area contributed by atoms with Crippen LogP contribution in [0.3, 0.4) is 0 Å². The van der Waals surface area contributed by atoms with Gasteiger partial charge in [-0.3, -0.25) is 4.79 Å². The van der Waals surface area contributed by atoms with E-state index >= 15 is 0 Å². The van der Waals surface area contributed by atoms with Crippen LogP contribution in [0.2, 0.25) is 5.02 Å². The summed E-state index contributed by atoms with van der Waals surface area (Å²) in [6, 6.07) is 5.28. The average molecular weight is 249 g/mol. The van der Waals surface area contributed by atoms with Gasteiger partial charge in [-0.2, -0.15) is 4.68 Å². The Kier molecular flexibility index (Phi) is 3.30. The van der Waals surface area contributed by atoms with Crippen molar-refractivity contribution in [1.29, 1.82) is 0 Å². The maximum Gasteiger partial charge on any atom is 0.152 e. The zero-order valence-corrected chi connectivity index (χ0v) is 9.80. The Morgan fingerprint density at radius 3 is 2.94 bits per heavy atom. The fourth-order valence-corrected chi connectivity index (χ4v) is 1.53. The fraction of sp³-hybridized carbons (Fsp3) is 0.0909. The molecule has 0 aliphatic carbocycles. The predicted molar refractivity (Wildman–Crippen MR) is 63.9 cm³/mol. The zero-order valence-electron chi connectivity index (χ0n) is 9.04. The van der Waals surface area contributed by atoms with Gasteiger partial charge in [-0.1, -0.05) is 11.6 Å². The molecule has 0 radical (unpaired) electrons. The Morgan fingerprint density at radius 1 is 1.47 bits per heavy atom. The van der Waals surface area contributed by atoms with Gasteiger partial charge in [-0.15, -0.1) is 5.10 Å². The summed E-state index contributed by atoms with van der Waals surface area (Å²) in [5.41, 5.74) is 1.54. The molecule has 1 aromatic carbocycles. The molecule has 5 nitrogen and oxygen atoms in total. The van der Waals surface area contributed by atoms with Crippen LogP contribution in [0.4, 0.5) is 0 Å². The molecule has 86 valence electrons. The van der Waals surface area contributed by atoms with Crippen molar-refractivity contribution in [3.8, 4) is 5.69 Å². The standard InChI is InChI=1S/C11H9ClN4O/c1-8(17)2-3-9-6-10(12)4-5-11(9)16-7-13-14-15-16/h2-7H,1H3. The molecule has 17 heavy (non-hydrogen) atoms. The normalized spacial score (nSPS) is 10.9. The second-order valence-electron chi connectivity index (χ2n) is 3.40. The van der Waals surface area contributed by atoms with Crippen LogP contribution in [0, 0.1) is 0 Å². The number of hydrogen-bond acceptors (Lipinski definition) is 4. The predicted octanol–water partition coefficient (Wildman–Crippen LogP) is 1.92. The Labute approximate surface area is 103 Å². The molecule has 0 atom stereocenters. The lowest BCUT2D eigenvalue weighted by atomic mass is 10.1. The zero-order chi connectivity index (χ0) is 12.3. The molecule has 0 amide bonds. The first-order chi connectivity index (χ1) is 8.16. The summed E-state index contributed by atoms with van der Waals surface area (Å²) in [4.78, 5) is 10.9. The second-order valence-corrected chi connectivity index (χ2v) is 3.84. The van der Waals surface area contributed by atoms with Gasteiger partial charge in [0.25, 0.3) is 0 Å². The molecule has 0 bridgehead atoms. The number of halogens is 1. The fourth-order valence-electron chi connectivity index (χ4n) is 1.35. The highest BCUT2D eigenvalue weighted by atomic mass is 35.5. The number of nitrogens with zero attached hydrogens (tertiary/aromatic N) is 4. The van der Waals surface area contributed by atoms with Crippen LogP contribution < -0.4 is 0 Å². The number of aromatic nitrogens is 4. The molecule has 0 saturated heterocycles. The van der Waals surface area contributed by atoms with Crippen LogP contribution in [0.1, 0.15) is 12.5 Å². The number of allylic oxidation sites excluding steroid dienone is 1. The van der Waals surface area contributed by atoms with Gasteiger partial charge in [0.15, 0.2) is 5.78 Å². The van der Waals surface area contributed by atoms with Gasteiger partial charge in [0.1, 0.15) is 6.33 Å². The third kappa shape index (κ3) is 2.76. The van der Waals surface area contributed by atoms with E-state index in [1.54, 1.807) is 24.3 Å². The summed E-state index contributed by atoms with van der Waals surface area (Å²) < 4.78 is 1.51. The number of benzene rings is 1. The van der Waals surface area contributed by atoms with Crippen LogP contribution in [-0.4, -0.2) is 26.0 Å². The van der Waals surface area contributed by atoms with Gasteiger partial charge in [0.2, 0.25) is 0 Å². The van der Waals surface area contributed by atoms with E-state index in [1.807, 2.05) is 0 Å². The van der Waals surface area contributed by atoms with Crippen LogP contribution in [0.5, 0.6) is 0 Å². The first-order valence-electron chi connectivity index (χ1n) is 4.88. The van der Waals surface area contributed by atoms with E-state index in [1.165, 1.54) is 24.0 Å². The lowest BCUT2D eigenvalue weighted by Crippen LogP contribution is -1.98. The van der Waals surface area contributed by atoms with Crippen molar-refractivity contribution in [3.05, 3.63) is 41.2 Å². The maximum absolute atomic E-state index is 10.9. The highest BCUT2D eigenvalue weighted by Crippen LogP contribution is 2.20. The summed E-state index contributed by atoms with van der Waals surface area (Å²) >= 11 is 5.91. The molecule has 2 aromatic rings. The molecule has 0 aliphatic heterocycles. The molecular formula is C11H9ClN4O. The highest BCUT2D eigenvalue weighted by molar-refractivity contribution is 6.30. The first kappa shape index (κ1) is 11.5. The molecule has 1 aromatic heterocycles. The molecule has 0 saturated carbocycles. The molecule has 2 rings (SSSR count). The average Bonchev–Trinajstić information content (AvgIpc) is 2.80. The van der Waals surface area contributed by atoms with Gasteiger partial charge in [0, 0.05) is 10.6 Å². The molecule has 0 N–H and O–H groups in total. The Hall–Kier alpha value is -2.01. The van der Waals surface area contributed by atoms with Crippen LogP contribution in [-0.2, 0) is 4.79 Å². The second kappa shape index (κ2) is 4.88.